The summed E-state index contributed by atoms with van der Waals surface area (Å²) in [6, 6.07) is 0. The molecule has 0 aromatic carbocycles. The van der Waals surface area contributed by atoms with Gasteiger partial charge in [-0.3, -0.25) is 4.90 Å². The molecule has 0 bridgehead atoms. The first kappa shape index (κ1) is 14.9. The van der Waals surface area contributed by atoms with Crippen LogP contribution in [0.1, 0.15) is 26.7 Å². The fourth-order valence-electron chi connectivity index (χ4n) is 2.62. The van der Waals surface area contributed by atoms with E-state index in [-0.39, 0.29) is 24.2 Å². The predicted molar refractivity (Wildman–Crippen MR) is 68.1 cm³/mol. The van der Waals surface area contributed by atoms with E-state index in [1.165, 1.54) is 0 Å². The highest BCUT2D eigenvalue weighted by molar-refractivity contribution is 4.90. The molecule has 2 atom stereocenters. The van der Waals surface area contributed by atoms with Gasteiger partial charge < -0.3 is 14.6 Å². The van der Waals surface area contributed by atoms with Crippen molar-refractivity contribution in [1.29, 1.82) is 0 Å². The Morgan fingerprint density at radius 1 is 1.12 bits per heavy atom. The van der Waals surface area contributed by atoms with Crippen molar-refractivity contribution in [3.05, 3.63) is 0 Å². The van der Waals surface area contributed by atoms with Gasteiger partial charge in [0.2, 0.25) is 0 Å². The number of aliphatic hydroxyl groups excluding tert-OH is 1. The zero-order chi connectivity index (χ0) is 12.9. The van der Waals surface area contributed by atoms with Gasteiger partial charge in [0.1, 0.15) is 0 Å². The van der Waals surface area contributed by atoms with E-state index in [0.717, 1.165) is 32.5 Å². The molecule has 1 aliphatic rings. The summed E-state index contributed by atoms with van der Waals surface area (Å²) < 4.78 is 10.9. The van der Waals surface area contributed by atoms with E-state index in [2.05, 4.69) is 18.7 Å². The van der Waals surface area contributed by atoms with E-state index < -0.39 is 0 Å². The molecule has 1 N–H and O–H groups in total. The van der Waals surface area contributed by atoms with Crippen LogP contribution >= 0.6 is 0 Å². The molecular weight excluding hydrogens is 218 g/mol. The van der Waals surface area contributed by atoms with Gasteiger partial charge in [0, 0.05) is 45.9 Å². The second-order valence-electron chi connectivity index (χ2n) is 5.11. The maximum absolute atomic E-state index is 9.59. The Bertz CT molecular complexity index is 198. The average Bonchev–Trinajstić information content (AvgIpc) is 2.78. The van der Waals surface area contributed by atoms with Gasteiger partial charge in [-0.1, -0.05) is 13.8 Å². The lowest BCUT2D eigenvalue weighted by Crippen LogP contribution is -2.39. The SMILES string of the molecule is CCC(CC)(CO)CN1CC(OC)C(OC)C1. The van der Waals surface area contributed by atoms with Crippen LogP contribution in [0.25, 0.3) is 0 Å². The standard InChI is InChI=1S/C13H27NO3/c1-5-13(6-2,10-15)9-14-7-11(16-3)12(8-14)17-4/h11-12,15H,5-10H2,1-4H3. The van der Waals surface area contributed by atoms with Crippen LogP contribution in [0.2, 0.25) is 0 Å². The number of likely N-dealkylation sites (tertiary alicyclic amines) is 1. The molecule has 1 aliphatic heterocycles. The van der Waals surface area contributed by atoms with Crippen LogP contribution in [0.5, 0.6) is 0 Å². The van der Waals surface area contributed by atoms with Crippen molar-refractivity contribution >= 4 is 0 Å². The fourth-order valence-corrected chi connectivity index (χ4v) is 2.62. The molecule has 0 aliphatic carbocycles. The number of aliphatic hydroxyl groups is 1. The van der Waals surface area contributed by atoms with Crippen molar-refractivity contribution in [2.75, 3.05) is 40.5 Å². The molecular formula is C13H27NO3. The van der Waals surface area contributed by atoms with Crippen LogP contribution in [0.15, 0.2) is 0 Å². The number of hydrogen-bond acceptors (Lipinski definition) is 4. The second-order valence-corrected chi connectivity index (χ2v) is 5.11. The van der Waals surface area contributed by atoms with Crippen LogP contribution in [0.3, 0.4) is 0 Å². The summed E-state index contributed by atoms with van der Waals surface area (Å²) in [5, 5.41) is 9.59. The van der Waals surface area contributed by atoms with Gasteiger partial charge in [0.15, 0.2) is 0 Å². The molecule has 2 unspecified atom stereocenters. The summed E-state index contributed by atoms with van der Waals surface area (Å²) >= 11 is 0. The lowest BCUT2D eigenvalue weighted by atomic mass is 9.83. The fraction of sp³-hybridized carbons (Fsp3) is 1.00. The Kier molecular flexibility index (Phi) is 5.86. The van der Waals surface area contributed by atoms with Crippen LogP contribution in [-0.2, 0) is 9.47 Å². The van der Waals surface area contributed by atoms with Crippen LogP contribution in [-0.4, -0.2) is 62.7 Å². The Balaban J connectivity index is 2.58. The molecule has 102 valence electrons. The number of hydrogen-bond donors (Lipinski definition) is 1. The summed E-state index contributed by atoms with van der Waals surface area (Å²) in [5.41, 5.74) is 0.0287. The largest absolute Gasteiger partial charge is 0.396 e. The van der Waals surface area contributed by atoms with Gasteiger partial charge in [-0.25, -0.2) is 0 Å². The molecule has 4 heteroatoms. The lowest BCUT2D eigenvalue weighted by Gasteiger charge is -2.33. The monoisotopic (exact) mass is 245 g/mol. The smallest absolute Gasteiger partial charge is 0.0971 e. The van der Waals surface area contributed by atoms with Gasteiger partial charge in [-0.15, -0.1) is 0 Å². The molecule has 4 nitrogen and oxygen atoms in total. The van der Waals surface area contributed by atoms with Crippen molar-refractivity contribution in [3.63, 3.8) is 0 Å². The zero-order valence-corrected chi connectivity index (χ0v) is 11.6. The maximum atomic E-state index is 9.59. The maximum Gasteiger partial charge on any atom is 0.0971 e. The van der Waals surface area contributed by atoms with Crippen molar-refractivity contribution in [2.24, 2.45) is 5.41 Å². The third-order valence-corrected chi connectivity index (χ3v) is 4.29. The molecule has 1 heterocycles. The third-order valence-electron chi connectivity index (χ3n) is 4.29. The van der Waals surface area contributed by atoms with Crippen LogP contribution in [0.4, 0.5) is 0 Å². The molecule has 1 fully saturated rings. The van der Waals surface area contributed by atoms with E-state index in [1.54, 1.807) is 14.2 Å². The lowest BCUT2D eigenvalue weighted by molar-refractivity contribution is -0.00461. The minimum absolute atomic E-state index is 0.0287. The van der Waals surface area contributed by atoms with Crippen molar-refractivity contribution in [3.8, 4) is 0 Å². The van der Waals surface area contributed by atoms with Gasteiger partial charge in [0.05, 0.1) is 12.2 Å². The molecule has 0 aromatic heterocycles. The van der Waals surface area contributed by atoms with E-state index >= 15 is 0 Å². The van der Waals surface area contributed by atoms with E-state index in [4.69, 9.17) is 9.47 Å². The first-order valence-corrected chi connectivity index (χ1v) is 6.53. The second kappa shape index (κ2) is 6.69. The molecule has 0 spiro atoms. The van der Waals surface area contributed by atoms with Crippen molar-refractivity contribution in [1.82, 2.24) is 4.90 Å². The Morgan fingerprint density at radius 3 is 1.88 bits per heavy atom. The summed E-state index contributed by atoms with van der Waals surface area (Å²) in [7, 11) is 3.47. The van der Waals surface area contributed by atoms with Crippen LogP contribution in [0, 0.1) is 5.41 Å². The van der Waals surface area contributed by atoms with E-state index in [0.29, 0.717) is 0 Å². The first-order valence-electron chi connectivity index (χ1n) is 6.53. The van der Waals surface area contributed by atoms with Crippen molar-refractivity contribution < 1.29 is 14.6 Å². The Morgan fingerprint density at radius 2 is 1.59 bits per heavy atom. The third kappa shape index (κ3) is 3.41. The number of methoxy groups -OCH3 is 2. The Labute approximate surface area is 105 Å². The highest BCUT2D eigenvalue weighted by atomic mass is 16.5. The summed E-state index contributed by atoms with van der Waals surface area (Å²) in [5.74, 6) is 0. The molecule has 17 heavy (non-hydrogen) atoms. The van der Waals surface area contributed by atoms with E-state index in [1.807, 2.05) is 0 Å². The van der Waals surface area contributed by atoms with Gasteiger partial charge >= 0.3 is 0 Å². The molecule has 0 amide bonds. The number of ether oxygens (including phenoxy) is 2. The van der Waals surface area contributed by atoms with Gasteiger partial charge in [-0.2, -0.15) is 0 Å². The molecule has 0 aromatic rings. The summed E-state index contributed by atoms with van der Waals surface area (Å²) in [4.78, 5) is 2.35. The Hall–Kier alpha value is -0.160. The summed E-state index contributed by atoms with van der Waals surface area (Å²) in [6.07, 6.45) is 2.33. The topological polar surface area (TPSA) is 41.9 Å². The highest BCUT2D eigenvalue weighted by Gasteiger charge is 2.37. The quantitative estimate of drug-likeness (QED) is 0.730. The van der Waals surface area contributed by atoms with Gasteiger partial charge in [-0.05, 0) is 12.8 Å². The van der Waals surface area contributed by atoms with Crippen LogP contribution < -0.4 is 0 Å². The molecule has 1 rings (SSSR count). The number of nitrogens with zero attached hydrogens (tertiary/aromatic N) is 1. The first-order chi connectivity index (χ1) is 8.14. The minimum Gasteiger partial charge on any atom is -0.396 e. The highest BCUT2D eigenvalue weighted by Crippen LogP contribution is 2.29. The van der Waals surface area contributed by atoms with Crippen molar-refractivity contribution in [2.45, 2.75) is 38.9 Å². The molecule has 0 radical (unpaired) electrons. The number of rotatable bonds is 7. The predicted octanol–water partition coefficient (Wildman–Crippen LogP) is 1.13. The average molecular weight is 245 g/mol. The minimum atomic E-state index is 0.0287. The zero-order valence-electron chi connectivity index (χ0n) is 11.6. The normalized spacial score (nSPS) is 26.6. The van der Waals surface area contributed by atoms with Gasteiger partial charge in [0.25, 0.3) is 0 Å². The summed E-state index contributed by atoms with van der Waals surface area (Å²) in [6.45, 7) is 7.28. The van der Waals surface area contributed by atoms with E-state index in [9.17, 15) is 5.11 Å². The molecule has 0 saturated carbocycles. The molecule has 1 saturated heterocycles.